The minimum atomic E-state index is -0.490. The van der Waals surface area contributed by atoms with Crippen LogP contribution < -0.4 is 5.32 Å². The Labute approximate surface area is 162 Å². The second-order valence-corrected chi connectivity index (χ2v) is 8.05. The first-order valence-corrected chi connectivity index (χ1v) is 9.89. The van der Waals surface area contributed by atoms with Crippen LogP contribution in [-0.4, -0.2) is 21.5 Å². The van der Waals surface area contributed by atoms with Gasteiger partial charge in [0, 0.05) is 16.9 Å². The Balaban J connectivity index is 1.79. The fourth-order valence-corrected chi connectivity index (χ4v) is 4.46. The molecule has 2 aromatic heterocycles. The maximum Gasteiger partial charge on any atom is 0.226 e. The normalized spacial score (nSPS) is 16.1. The molecule has 0 saturated heterocycles. The number of carbonyl (C=O) groups is 2. The summed E-state index contributed by atoms with van der Waals surface area (Å²) in [6.07, 6.45) is 1.06. The standard InChI is InChI=1S/C21H21N3O2S/c1-4-15-9-10-17(27-15)20(26)16-11-18(25)22-21-19(16)13(3)23-24(21)14-7-5-12(2)6-8-14/h5-10,16H,4,11H2,1-3H3,(H,22,25). The lowest BCUT2D eigenvalue weighted by molar-refractivity contribution is -0.116. The molecule has 0 saturated carbocycles. The fraction of sp³-hybridized carbons (Fsp3) is 0.286. The summed E-state index contributed by atoms with van der Waals surface area (Å²) in [5.74, 6) is -0.0294. The van der Waals surface area contributed by atoms with Crippen LogP contribution in [0.4, 0.5) is 5.82 Å². The molecule has 1 aliphatic heterocycles. The number of thiophene rings is 1. The van der Waals surface area contributed by atoms with Crippen molar-refractivity contribution in [1.29, 1.82) is 0 Å². The Morgan fingerprint density at radius 3 is 2.63 bits per heavy atom. The van der Waals surface area contributed by atoms with Gasteiger partial charge in [-0.2, -0.15) is 5.10 Å². The lowest BCUT2D eigenvalue weighted by Gasteiger charge is -2.22. The smallest absolute Gasteiger partial charge is 0.226 e. The number of rotatable bonds is 4. The van der Waals surface area contributed by atoms with E-state index in [1.165, 1.54) is 16.2 Å². The van der Waals surface area contributed by atoms with Gasteiger partial charge in [0.25, 0.3) is 0 Å². The summed E-state index contributed by atoms with van der Waals surface area (Å²) in [5, 5.41) is 7.56. The lowest BCUT2D eigenvalue weighted by atomic mass is 9.87. The van der Waals surface area contributed by atoms with Gasteiger partial charge in [-0.25, -0.2) is 4.68 Å². The van der Waals surface area contributed by atoms with Gasteiger partial charge in [0.15, 0.2) is 5.78 Å². The van der Waals surface area contributed by atoms with Gasteiger partial charge in [-0.05, 0) is 44.5 Å². The maximum absolute atomic E-state index is 13.2. The van der Waals surface area contributed by atoms with Crippen molar-refractivity contribution in [3.63, 3.8) is 0 Å². The number of nitrogens with zero attached hydrogens (tertiary/aromatic N) is 2. The number of hydrogen-bond acceptors (Lipinski definition) is 4. The molecule has 1 unspecified atom stereocenters. The summed E-state index contributed by atoms with van der Waals surface area (Å²) in [6, 6.07) is 11.8. The van der Waals surface area contributed by atoms with Crippen molar-refractivity contribution in [3.8, 4) is 5.69 Å². The van der Waals surface area contributed by atoms with Gasteiger partial charge >= 0.3 is 0 Å². The number of anilines is 1. The van der Waals surface area contributed by atoms with Crippen molar-refractivity contribution in [2.75, 3.05) is 5.32 Å². The van der Waals surface area contributed by atoms with Crippen LogP contribution >= 0.6 is 11.3 Å². The maximum atomic E-state index is 13.2. The van der Waals surface area contributed by atoms with Crippen LogP contribution in [0.3, 0.4) is 0 Å². The zero-order valence-corrected chi connectivity index (χ0v) is 16.4. The molecule has 1 aliphatic rings. The Morgan fingerprint density at radius 2 is 1.96 bits per heavy atom. The molecule has 0 bridgehead atoms. The number of benzene rings is 1. The number of Topliss-reactive ketones (excluding diaryl/α,β-unsaturated/α-hetero) is 1. The van der Waals surface area contributed by atoms with Gasteiger partial charge in [0.05, 0.1) is 22.2 Å². The minimum absolute atomic E-state index is 0.00218. The van der Waals surface area contributed by atoms with E-state index in [0.29, 0.717) is 10.7 Å². The summed E-state index contributed by atoms with van der Waals surface area (Å²) >= 11 is 1.51. The molecule has 0 fully saturated rings. The zero-order chi connectivity index (χ0) is 19.1. The van der Waals surface area contributed by atoms with Crippen LogP contribution in [0.15, 0.2) is 36.4 Å². The topological polar surface area (TPSA) is 64.0 Å². The number of ketones is 1. The molecule has 3 aromatic rings. The molecule has 138 valence electrons. The lowest BCUT2D eigenvalue weighted by Crippen LogP contribution is -2.28. The molecule has 1 N–H and O–H groups in total. The van der Waals surface area contributed by atoms with E-state index in [1.807, 2.05) is 50.2 Å². The van der Waals surface area contributed by atoms with Crippen molar-refractivity contribution in [2.45, 2.75) is 39.5 Å². The van der Waals surface area contributed by atoms with E-state index in [1.54, 1.807) is 4.68 Å². The van der Waals surface area contributed by atoms with E-state index in [9.17, 15) is 9.59 Å². The highest BCUT2D eigenvalue weighted by Gasteiger charge is 2.36. The van der Waals surface area contributed by atoms with Gasteiger partial charge in [0.1, 0.15) is 5.82 Å². The van der Waals surface area contributed by atoms with Crippen molar-refractivity contribution in [1.82, 2.24) is 9.78 Å². The third-order valence-corrected chi connectivity index (χ3v) is 6.19. The molecule has 5 nitrogen and oxygen atoms in total. The summed E-state index contributed by atoms with van der Waals surface area (Å²) < 4.78 is 1.73. The highest BCUT2D eigenvalue weighted by atomic mass is 32.1. The highest BCUT2D eigenvalue weighted by molar-refractivity contribution is 7.14. The number of nitrogens with one attached hydrogen (secondary N) is 1. The van der Waals surface area contributed by atoms with E-state index in [-0.39, 0.29) is 18.1 Å². The zero-order valence-electron chi connectivity index (χ0n) is 15.6. The summed E-state index contributed by atoms with van der Waals surface area (Å²) in [7, 11) is 0. The third kappa shape index (κ3) is 3.10. The first-order valence-electron chi connectivity index (χ1n) is 9.07. The van der Waals surface area contributed by atoms with Crippen molar-refractivity contribution in [2.24, 2.45) is 0 Å². The number of fused-ring (bicyclic) bond motifs is 1. The van der Waals surface area contributed by atoms with Crippen molar-refractivity contribution >= 4 is 28.8 Å². The number of carbonyl (C=O) groups excluding carboxylic acids is 2. The molecule has 0 radical (unpaired) electrons. The Morgan fingerprint density at radius 1 is 1.22 bits per heavy atom. The number of hydrogen-bond donors (Lipinski definition) is 1. The van der Waals surface area contributed by atoms with E-state index in [0.717, 1.165) is 28.9 Å². The average molecular weight is 379 g/mol. The Hall–Kier alpha value is -2.73. The molecule has 6 heteroatoms. The molecule has 3 heterocycles. The fourth-order valence-electron chi connectivity index (χ4n) is 3.52. The van der Waals surface area contributed by atoms with Crippen LogP contribution in [0.2, 0.25) is 0 Å². The van der Waals surface area contributed by atoms with Crippen LogP contribution in [0.25, 0.3) is 5.69 Å². The quantitative estimate of drug-likeness (QED) is 0.683. The van der Waals surface area contributed by atoms with Crippen molar-refractivity contribution < 1.29 is 9.59 Å². The molecule has 27 heavy (non-hydrogen) atoms. The highest BCUT2D eigenvalue weighted by Crippen LogP contribution is 2.39. The molecule has 1 atom stereocenters. The first kappa shape index (κ1) is 17.7. The van der Waals surface area contributed by atoms with Crippen LogP contribution in [-0.2, 0) is 11.2 Å². The van der Waals surface area contributed by atoms with Crippen LogP contribution in [0.1, 0.15) is 50.6 Å². The number of amides is 1. The van der Waals surface area contributed by atoms with Gasteiger partial charge < -0.3 is 5.32 Å². The molecular weight excluding hydrogens is 358 g/mol. The second-order valence-electron chi connectivity index (χ2n) is 6.88. The summed E-state index contributed by atoms with van der Waals surface area (Å²) in [6.45, 7) is 5.99. The molecule has 1 amide bonds. The molecule has 0 spiro atoms. The Bertz CT molecular complexity index is 1030. The van der Waals surface area contributed by atoms with E-state index >= 15 is 0 Å². The average Bonchev–Trinajstić information content (AvgIpc) is 3.26. The second kappa shape index (κ2) is 6.78. The molecule has 0 aliphatic carbocycles. The number of aryl methyl sites for hydroxylation is 3. The monoisotopic (exact) mass is 379 g/mol. The minimum Gasteiger partial charge on any atom is -0.310 e. The van der Waals surface area contributed by atoms with Crippen LogP contribution in [0, 0.1) is 13.8 Å². The first-order chi connectivity index (χ1) is 13.0. The summed E-state index contributed by atoms with van der Waals surface area (Å²) in [4.78, 5) is 27.4. The van der Waals surface area contributed by atoms with Gasteiger partial charge in [0.2, 0.25) is 5.91 Å². The summed E-state index contributed by atoms with van der Waals surface area (Å²) in [5.41, 5.74) is 3.61. The van der Waals surface area contributed by atoms with Crippen molar-refractivity contribution in [3.05, 3.63) is 63.0 Å². The SMILES string of the molecule is CCc1ccc(C(=O)C2CC(=O)Nc3c2c(C)nn3-c2ccc(C)cc2)s1. The van der Waals surface area contributed by atoms with Gasteiger partial charge in [-0.15, -0.1) is 11.3 Å². The number of aromatic nitrogens is 2. The molecular formula is C21H21N3O2S. The predicted molar refractivity (Wildman–Crippen MR) is 107 cm³/mol. The Kier molecular flexibility index (Phi) is 4.44. The third-order valence-electron chi connectivity index (χ3n) is 4.95. The van der Waals surface area contributed by atoms with E-state index in [2.05, 4.69) is 17.3 Å². The van der Waals surface area contributed by atoms with Crippen LogP contribution in [0.5, 0.6) is 0 Å². The van der Waals surface area contributed by atoms with Gasteiger partial charge in [-0.1, -0.05) is 24.6 Å². The van der Waals surface area contributed by atoms with Gasteiger partial charge in [-0.3, -0.25) is 9.59 Å². The predicted octanol–water partition coefficient (Wildman–Crippen LogP) is 4.42. The van der Waals surface area contributed by atoms with E-state index < -0.39 is 5.92 Å². The molecule has 4 rings (SSSR count). The largest absolute Gasteiger partial charge is 0.310 e. The van der Waals surface area contributed by atoms with E-state index in [4.69, 9.17) is 0 Å². The molecule has 1 aromatic carbocycles.